The molecule has 2 nitrogen and oxygen atoms in total. The van der Waals surface area contributed by atoms with E-state index in [0.717, 1.165) is 9.26 Å². The lowest BCUT2D eigenvalue weighted by molar-refractivity contribution is 1.07. The molecule has 0 unspecified atom stereocenters. The lowest BCUT2D eigenvalue weighted by atomic mass is 10.4. The summed E-state index contributed by atoms with van der Waals surface area (Å²) < 4.78 is 1.14. The maximum atomic E-state index is 5.34. The van der Waals surface area contributed by atoms with Crippen molar-refractivity contribution in [3.05, 3.63) is 21.5 Å². The minimum Gasteiger partial charge on any atom is -0.356 e. The van der Waals surface area contributed by atoms with E-state index in [1.807, 2.05) is 12.3 Å². The molecular weight excluding hydrogens is 215 g/mol. The van der Waals surface area contributed by atoms with Gasteiger partial charge in [0.05, 0.1) is 3.70 Å². The molecule has 1 rings (SSSR count). The lowest BCUT2D eigenvalue weighted by Crippen LogP contribution is -1.92. The van der Waals surface area contributed by atoms with Crippen LogP contribution in [-0.2, 0) is 6.54 Å². The Morgan fingerprint density at radius 3 is 2.75 bits per heavy atom. The van der Waals surface area contributed by atoms with Crippen molar-refractivity contribution < 1.29 is 0 Å². The van der Waals surface area contributed by atoms with Crippen molar-refractivity contribution in [1.82, 2.24) is 4.98 Å². The molecule has 0 amide bonds. The van der Waals surface area contributed by atoms with Crippen molar-refractivity contribution in [3.63, 3.8) is 0 Å². The molecule has 8 heavy (non-hydrogen) atoms. The highest BCUT2D eigenvalue weighted by Gasteiger charge is 1.89. The van der Waals surface area contributed by atoms with Crippen molar-refractivity contribution in [2.45, 2.75) is 6.54 Å². The lowest BCUT2D eigenvalue weighted by Gasteiger charge is -1.80. The van der Waals surface area contributed by atoms with Crippen LogP contribution < -0.4 is 5.73 Å². The van der Waals surface area contributed by atoms with Crippen LogP contribution >= 0.6 is 22.6 Å². The SMILES string of the molecule is NCc1c[nH]c(I)c1. The number of halogens is 1. The van der Waals surface area contributed by atoms with Crippen LogP contribution in [0.5, 0.6) is 0 Å². The number of hydrogen-bond acceptors (Lipinski definition) is 1. The number of hydrogen-bond donors (Lipinski definition) is 2. The van der Waals surface area contributed by atoms with Crippen LogP contribution in [-0.4, -0.2) is 4.98 Å². The molecule has 0 aliphatic carbocycles. The third-order valence-electron chi connectivity index (χ3n) is 0.943. The molecule has 3 heteroatoms. The fraction of sp³-hybridized carbons (Fsp3) is 0.200. The minimum atomic E-state index is 0.625. The molecule has 1 aromatic rings. The van der Waals surface area contributed by atoms with Crippen LogP contribution in [0, 0.1) is 3.70 Å². The van der Waals surface area contributed by atoms with E-state index >= 15 is 0 Å². The van der Waals surface area contributed by atoms with Crippen molar-refractivity contribution >= 4 is 22.6 Å². The Kier molecular flexibility index (Phi) is 1.90. The monoisotopic (exact) mass is 222 g/mol. The summed E-state index contributed by atoms with van der Waals surface area (Å²) in [6.07, 6.45) is 1.92. The fourth-order valence-corrected chi connectivity index (χ4v) is 1.08. The summed E-state index contributed by atoms with van der Waals surface area (Å²) in [4.78, 5) is 3.03. The topological polar surface area (TPSA) is 41.8 Å². The summed E-state index contributed by atoms with van der Waals surface area (Å²) >= 11 is 2.21. The maximum absolute atomic E-state index is 5.34. The van der Waals surface area contributed by atoms with Gasteiger partial charge in [0.2, 0.25) is 0 Å². The van der Waals surface area contributed by atoms with Crippen LogP contribution in [0.2, 0.25) is 0 Å². The third kappa shape index (κ3) is 1.23. The molecule has 0 atom stereocenters. The Balaban J connectivity index is 2.84. The van der Waals surface area contributed by atoms with Gasteiger partial charge in [0.15, 0.2) is 0 Å². The molecule has 0 aromatic carbocycles. The number of aromatic amines is 1. The van der Waals surface area contributed by atoms with Gasteiger partial charge >= 0.3 is 0 Å². The number of nitrogens with two attached hydrogens (primary N) is 1. The second-order valence-electron chi connectivity index (χ2n) is 1.56. The molecule has 0 spiro atoms. The van der Waals surface area contributed by atoms with E-state index in [1.165, 1.54) is 0 Å². The van der Waals surface area contributed by atoms with Crippen molar-refractivity contribution in [1.29, 1.82) is 0 Å². The van der Waals surface area contributed by atoms with Gasteiger partial charge in [0.25, 0.3) is 0 Å². The first-order valence-corrected chi connectivity index (χ1v) is 3.43. The van der Waals surface area contributed by atoms with Gasteiger partial charge in [-0.3, -0.25) is 0 Å². The van der Waals surface area contributed by atoms with E-state index in [4.69, 9.17) is 5.73 Å². The van der Waals surface area contributed by atoms with Gasteiger partial charge in [-0.1, -0.05) is 0 Å². The molecule has 0 aliphatic heterocycles. The summed E-state index contributed by atoms with van der Waals surface area (Å²) in [7, 11) is 0. The van der Waals surface area contributed by atoms with E-state index in [2.05, 4.69) is 27.6 Å². The first-order chi connectivity index (χ1) is 3.83. The van der Waals surface area contributed by atoms with Crippen molar-refractivity contribution in [2.24, 2.45) is 5.73 Å². The van der Waals surface area contributed by atoms with Gasteiger partial charge in [0.1, 0.15) is 0 Å². The predicted molar refractivity (Wildman–Crippen MR) is 41.4 cm³/mol. The van der Waals surface area contributed by atoms with Crippen molar-refractivity contribution in [2.75, 3.05) is 0 Å². The molecule has 0 bridgehead atoms. The normalized spacial score (nSPS) is 9.75. The highest BCUT2D eigenvalue weighted by Crippen LogP contribution is 2.03. The van der Waals surface area contributed by atoms with E-state index in [1.54, 1.807) is 0 Å². The average Bonchev–Trinajstić information content (AvgIpc) is 2.14. The Morgan fingerprint density at radius 2 is 2.50 bits per heavy atom. The van der Waals surface area contributed by atoms with Gasteiger partial charge in [-0.15, -0.1) is 0 Å². The number of rotatable bonds is 1. The summed E-state index contributed by atoms with van der Waals surface area (Å²) in [5.41, 5.74) is 6.50. The first-order valence-electron chi connectivity index (χ1n) is 2.36. The molecule has 1 heterocycles. The molecule has 0 fully saturated rings. The molecule has 0 radical (unpaired) electrons. The van der Waals surface area contributed by atoms with E-state index in [0.29, 0.717) is 6.54 Å². The van der Waals surface area contributed by atoms with Crippen LogP contribution in [0.25, 0.3) is 0 Å². The fourth-order valence-electron chi connectivity index (χ4n) is 0.526. The van der Waals surface area contributed by atoms with E-state index < -0.39 is 0 Å². The standard InChI is InChI=1S/C5H7IN2/c6-5-1-4(2-7)3-8-5/h1,3,8H,2,7H2. The van der Waals surface area contributed by atoms with E-state index in [-0.39, 0.29) is 0 Å². The number of H-pyrrole nitrogens is 1. The highest BCUT2D eigenvalue weighted by molar-refractivity contribution is 14.1. The summed E-state index contributed by atoms with van der Waals surface area (Å²) in [6.45, 7) is 0.625. The van der Waals surface area contributed by atoms with Crippen LogP contribution in [0.3, 0.4) is 0 Å². The largest absolute Gasteiger partial charge is 0.356 e. The Bertz CT molecular complexity index is 171. The van der Waals surface area contributed by atoms with Crippen LogP contribution in [0.4, 0.5) is 0 Å². The molecule has 0 saturated heterocycles. The smallest absolute Gasteiger partial charge is 0.0775 e. The summed E-state index contributed by atoms with van der Waals surface area (Å²) in [6, 6.07) is 2.03. The van der Waals surface area contributed by atoms with Gasteiger partial charge in [-0.05, 0) is 34.2 Å². The average molecular weight is 222 g/mol. The zero-order chi connectivity index (χ0) is 5.98. The molecule has 3 N–H and O–H groups in total. The van der Waals surface area contributed by atoms with Gasteiger partial charge in [-0.2, -0.15) is 0 Å². The second kappa shape index (κ2) is 2.50. The Hall–Kier alpha value is -0.0300. The number of nitrogens with one attached hydrogen (secondary N) is 1. The molecule has 0 saturated carbocycles. The van der Waals surface area contributed by atoms with Crippen molar-refractivity contribution in [3.8, 4) is 0 Å². The third-order valence-corrected chi connectivity index (χ3v) is 1.57. The van der Waals surface area contributed by atoms with Gasteiger partial charge < -0.3 is 10.7 Å². The molecule has 0 aliphatic rings. The second-order valence-corrected chi connectivity index (χ2v) is 2.72. The van der Waals surface area contributed by atoms with Crippen LogP contribution in [0.1, 0.15) is 5.56 Å². The maximum Gasteiger partial charge on any atom is 0.0775 e. The Labute approximate surface area is 61.6 Å². The molecular formula is C5H7IN2. The minimum absolute atomic E-state index is 0.625. The predicted octanol–water partition coefficient (Wildman–Crippen LogP) is 1.08. The first kappa shape index (κ1) is 6.10. The van der Waals surface area contributed by atoms with Gasteiger partial charge in [-0.25, -0.2) is 0 Å². The zero-order valence-corrected chi connectivity index (χ0v) is 6.47. The molecule has 44 valence electrons. The molecule has 1 aromatic heterocycles. The highest BCUT2D eigenvalue weighted by atomic mass is 127. The zero-order valence-electron chi connectivity index (χ0n) is 4.32. The van der Waals surface area contributed by atoms with E-state index in [9.17, 15) is 0 Å². The number of aromatic nitrogens is 1. The summed E-state index contributed by atoms with van der Waals surface area (Å²) in [5, 5.41) is 0. The van der Waals surface area contributed by atoms with Crippen LogP contribution in [0.15, 0.2) is 12.3 Å². The van der Waals surface area contributed by atoms with Gasteiger partial charge in [0, 0.05) is 12.7 Å². The Morgan fingerprint density at radius 1 is 1.75 bits per heavy atom. The summed E-state index contributed by atoms with van der Waals surface area (Å²) in [5.74, 6) is 0. The quantitative estimate of drug-likeness (QED) is 0.686.